The first-order valence-electron chi connectivity index (χ1n) is 5.86. The Morgan fingerprint density at radius 1 is 1.47 bits per heavy atom. The van der Waals surface area contributed by atoms with Crippen LogP contribution in [0, 0.1) is 11.8 Å². The molecule has 0 spiro atoms. The summed E-state index contributed by atoms with van der Waals surface area (Å²) >= 11 is 5.87. The third kappa shape index (κ3) is 2.54. The normalized spacial score (nSPS) is 26.8. The molecule has 1 aromatic rings. The topological polar surface area (TPSA) is 17.8 Å². The van der Waals surface area contributed by atoms with Gasteiger partial charge in [-0.15, -0.1) is 11.6 Å². The minimum Gasteiger partial charge on any atom is -0.333 e. The predicted molar refractivity (Wildman–Crippen MR) is 62.9 cm³/mol. The van der Waals surface area contributed by atoms with Crippen LogP contribution in [0.5, 0.6) is 0 Å². The van der Waals surface area contributed by atoms with Crippen LogP contribution >= 0.6 is 11.6 Å². The van der Waals surface area contributed by atoms with Gasteiger partial charge < -0.3 is 4.57 Å². The van der Waals surface area contributed by atoms with Crippen molar-refractivity contribution in [3.63, 3.8) is 0 Å². The second-order valence-electron chi connectivity index (χ2n) is 4.69. The van der Waals surface area contributed by atoms with E-state index in [1.807, 2.05) is 12.5 Å². The quantitative estimate of drug-likeness (QED) is 0.722. The minimum absolute atomic E-state index is 0.571. The fraction of sp³-hybridized carbons (Fsp3) is 0.750. The van der Waals surface area contributed by atoms with Crippen molar-refractivity contribution in [2.75, 3.05) is 0 Å². The molecule has 1 aliphatic rings. The van der Waals surface area contributed by atoms with Gasteiger partial charge in [-0.25, -0.2) is 4.98 Å². The second-order valence-corrected chi connectivity index (χ2v) is 4.96. The number of hydrogen-bond acceptors (Lipinski definition) is 1. The van der Waals surface area contributed by atoms with Crippen LogP contribution < -0.4 is 0 Å². The molecule has 2 rings (SSSR count). The van der Waals surface area contributed by atoms with Crippen molar-refractivity contribution in [3.8, 4) is 0 Å². The van der Waals surface area contributed by atoms with Crippen LogP contribution in [0.2, 0.25) is 0 Å². The third-order valence-corrected chi connectivity index (χ3v) is 3.93. The highest BCUT2D eigenvalue weighted by Gasteiger charge is 2.21. The van der Waals surface area contributed by atoms with Gasteiger partial charge in [-0.05, 0) is 18.3 Å². The summed E-state index contributed by atoms with van der Waals surface area (Å²) in [6, 6.07) is 0. The van der Waals surface area contributed by atoms with Crippen molar-refractivity contribution in [1.82, 2.24) is 9.55 Å². The smallest absolute Gasteiger partial charge is 0.0948 e. The van der Waals surface area contributed by atoms with Crippen LogP contribution in [0.15, 0.2) is 12.5 Å². The van der Waals surface area contributed by atoms with E-state index in [-0.39, 0.29) is 0 Å². The lowest BCUT2D eigenvalue weighted by Gasteiger charge is -2.29. The molecule has 84 valence electrons. The van der Waals surface area contributed by atoms with E-state index < -0.39 is 0 Å². The first-order chi connectivity index (χ1) is 7.31. The van der Waals surface area contributed by atoms with Crippen LogP contribution in [0.25, 0.3) is 0 Å². The van der Waals surface area contributed by atoms with Crippen LogP contribution in [-0.4, -0.2) is 9.55 Å². The Hall–Kier alpha value is -0.500. The lowest BCUT2D eigenvalue weighted by molar-refractivity contribution is 0.227. The fourth-order valence-corrected chi connectivity index (χ4v) is 2.76. The molecule has 0 aromatic carbocycles. The van der Waals surface area contributed by atoms with Gasteiger partial charge in [0.2, 0.25) is 0 Å². The maximum Gasteiger partial charge on any atom is 0.0948 e. The molecule has 0 saturated heterocycles. The number of halogens is 1. The maximum atomic E-state index is 5.87. The molecule has 1 heterocycles. The minimum atomic E-state index is 0.571. The molecule has 2 nitrogen and oxygen atoms in total. The van der Waals surface area contributed by atoms with Crippen LogP contribution in [0.1, 0.15) is 38.3 Å². The largest absolute Gasteiger partial charge is 0.333 e. The predicted octanol–water partition coefficient (Wildman–Crippen LogP) is 3.45. The Morgan fingerprint density at radius 3 is 3.00 bits per heavy atom. The molecular weight excluding hydrogens is 208 g/mol. The molecule has 0 radical (unpaired) electrons. The zero-order valence-corrected chi connectivity index (χ0v) is 10.1. The number of imidazole rings is 1. The van der Waals surface area contributed by atoms with Gasteiger partial charge in [0.15, 0.2) is 0 Å². The fourth-order valence-electron chi connectivity index (χ4n) is 2.54. The van der Waals surface area contributed by atoms with Gasteiger partial charge in [0.05, 0.1) is 17.9 Å². The van der Waals surface area contributed by atoms with E-state index in [0.29, 0.717) is 5.88 Å². The standard InChI is InChI=1S/C12H19ClN2/c1-10-4-2-3-5-11(10)8-15-9-14-7-12(15)6-13/h7,9-11H,2-6,8H2,1H3. The van der Waals surface area contributed by atoms with Crippen LogP contribution in [-0.2, 0) is 12.4 Å². The van der Waals surface area contributed by atoms with Crippen molar-refractivity contribution in [2.24, 2.45) is 11.8 Å². The van der Waals surface area contributed by atoms with E-state index in [9.17, 15) is 0 Å². The molecule has 3 heteroatoms. The van der Waals surface area contributed by atoms with E-state index in [1.54, 1.807) is 0 Å². The van der Waals surface area contributed by atoms with Gasteiger partial charge in [0.1, 0.15) is 0 Å². The Labute approximate surface area is 96.7 Å². The van der Waals surface area contributed by atoms with Crippen molar-refractivity contribution < 1.29 is 0 Å². The zero-order valence-electron chi connectivity index (χ0n) is 9.32. The summed E-state index contributed by atoms with van der Waals surface area (Å²) in [5.41, 5.74) is 1.15. The maximum absolute atomic E-state index is 5.87. The summed E-state index contributed by atoms with van der Waals surface area (Å²) in [5.74, 6) is 2.24. The second kappa shape index (κ2) is 5.02. The van der Waals surface area contributed by atoms with E-state index in [4.69, 9.17) is 11.6 Å². The van der Waals surface area contributed by atoms with Gasteiger partial charge in [-0.2, -0.15) is 0 Å². The summed E-state index contributed by atoms with van der Waals surface area (Å²) in [6.07, 6.45) is 9.33. The lowest BCUT2D eigenvalue weighted by Crippen LogP contribution is -2.22. The Bertz CT molecular complexity index is 308. The highest BCUT2D eigenvalue weighted by Crippen LogP contribution is 2.30. The number of alkyl halides is 1. The molecule has 0 aliphatic heterocycles. The highest BCUT2D eigenvalue weighted by molar-refractivity contribution is 6.16. The molecule has 0 amide bonds. The highest BCUT2D eigenvalue weighted by atomic mass is 35.5. The van der Waals surface area contributed by atoms with E-state index in [0.717, 1.165) is 24.1 Å². The van der Waals surface area contributed by atoms with Crippen molar-refractivity contribution >= 4 is 11.6 Å². The molecule has 2 atom stereocenters. The monoisotopic (exact) mass is 226 g/mol. The van der Waals surface area contributed by atoms with Gasteiger partial charge in [0, 0.05) is 12.7 Å². The van der Waals surface area contributed by atoms with Crippen molar-refractivity contribution in [2.45, 2.75) is 45.0 Å². The molecule has 0 N–H and O–H groups in total. The summed E-state index contributed by atoms with van der Waals surface area (Å²) in [4.78, 5) is 4.16. The van der Waals surface area contributed by atoms with Gasteiger partial charge in [0.25, 0.3) is 0 Å². The molecule has 1 fully saturated rings. The third-order valence-electron chi connectivity index (χ3n) is 3.66. The molecule has 0 bridgehead atoms. The van der Waals surface area contributed by atoms with Gasteiger partial charge in [-0.3, -0.25) is 0 Å². The number of aromatic nitrogens is 2. The first-order valence-corrected chi connectivity index (χ1v) is 6.39. The summed E-state index contributed by atoms with van der Waals surface area (Å²) in [6.45, 7) is 3.48. The van der Waals surface area contributed by atoms with E-state index in [1.165, 1.54) is 25.7 Å². The SMILES string of the molecule is CC1CCCCC1Cn1cncc1CCl. The van der Waals surface area contributed by atoms with Gasteiger partial charge >= 0.3 is 0 Å². The molecule has 2 unspecified atom stereocenters. The van der Waals surface area contributed by atoms with E-state index in [2.05, 4.69) is 16.5 Å². The first kappa shape index (κ1) is 11.0. The number of nitrogens with zero attached hydrogens (tertiary/aromatic N) is 2. The lowest BCUT2D eigenvalue weighted by atomic mass is 9.80. The molecular formula is C12H19ClN2. The Morgan fingerprint density at radius 2 is 2.27 bits per heavy atom. The van der Waals surface area contributed by atoms with Crippen molar-refractivity contribution in [1.29, 1.82) is 0 Å². The average Bonchev–Trinajstić information content (AvgIpc) is 2.69. The van der Waals surface area contributed by atoms with Crippen molar-refractivity contribution in [3.05, 3.63) is 18.2 Å². The summed E-state index contributed by atoms with van der Waals surface area (Å²) in [7, 11) is 0. The Kier molecular flexibility index (Phi) is 3.68. The van der Waals surface area contributed by atoms with E-state index >= 15 is 0 Å². The Balaban J connectivity index is 2.01. The zero-order chi connectivity index (χ0) is 10.7. The molecule has 1 aromatic heterocycles. The number of hydrogen-bond donors (Lipinski definition) is 0. The van der Waals surface area contributed by atoms with Crippen LogP contribution in [0.4, 0.5) is 0 Å². The molecule has 15 heavy (non-hydrogen) atoms. The molecule has 1 saturated carbocycles. The number of rotatable bonds is 3. The molecule has 1 aliphatic carbocycles. The average molecular weight is 227 g/mol. The van der Waals surface area contributed by atoms with Gasteiger partial charge in [-0.1, -0.05) is 26.2 Å². The summed E-state index contributed by atoms with van der Waals surface area (Å²) < 4.78 is 2.22. The summed E-state index contributed by atoms with van der Waals surface area (Å²) in [5, 5.41) is 0. The van der Waals surface area contributed by atoms with Crippen LogP contribution in [0.3, 0.4) is 0 Å².